The zero-order valence-electron chi connectivity index (χ0n) is 8.46. The van der Waals surface area contributed by atoms with Crippen molar-refractivity contribution in [2.45, 2.75) is 26.7 Å². The predicted molar refractivity (Wildman–Crippen MR) is 52.7 cm³/mol. The summed E-state index contributed by atoms with van der Waals surface area (Å²) >= 11 is 0. The van der Waals surface area contributed by atoms with Gasteiger partial charge in [0, 0.05) is 6.54 Å². The average molecular weight is 197 g/mol. The van der Waals surface area contributed by atoms with Gasteiger partial charge in [-0.25, -0.2) is 0 Å². The molecule has 14 heavy (non-hydrogen) atoms. The highest BCUT2D eigenvalue weighted by atomic mass is 16.2. The van der Waals surface area contributed by atoms with Crippen molar-refractivity contribution in [3.63, 3.8) is 0 Å². The molecule has 0 saturated carbocycles. The van der Waals surface area contributed by atoms with Crippen molar-refractivity contribution in [2.24, 2.45) is 10.9 Å². The van der Waals surface area contributed by atoms with E-state index in [1.165, 1.54) is 0 Å². The zero-order valence-corrected chi connectivity index (χ0v) is 8.46. The highest BCUT2D eigenvalue weighted by Gasteiger charge is 2.24. The summed E-state index contributed by atoms with van der Waals surface area (Å²) in [5, 5.41) is 4.72. The molecule has 1 saturated heterocycles. The largest absolute Gasteiger partial charge is 0.316 e. The van der Waals surface area contributed by atoms with Gasteiger partial charge in [0.25, 0.3) is 0 Å². The van der Waals surface area contributed by atoms with E-state index in [1.807, 2.05) is 0 Å². The second-order valence-electron chi connectivity index (χ2n) is 3.28. The molecular formula is C9H15N3O2. The summed E-state index contributed by atoms with van der Waals surface area (Å²) in [4.78, 5) is 25.6. The fourth-order valence-electron chi connectivity index (χ4n) is 1.21. The Morgan fingerprint density at radius 2 is 1.64 bits per heavy atom. The van der Waals surface area contributed by atoms with Crippen molar-refractivity contribution in [1.29, 1.82) is 0 Å². The van der Waals surface area contributed by atoms with Crippen LogP contribution in [-0.4, -0.2) is 24.3 Å². The lowest BCUT2D eigenvalue weighted by atomic mass is 10.0. The molecule has 0 unspecified atom stereocenters. The van der Waals surface area contributed by atoms with E-state index in [-0.39, 0.29) is 5.96 Å². The van der Waals surface area contributed by atoms with Crippen LogP contribution < -0.4 is 10.6 Å². The first-order valence-corrected chi connectivity index (χ1v) is 4.84. The molecule has 0 aromatic rings. The van der Waals surface area contributed by atoms with Crippen LogP contribution in [0.3, 0.4) is 0 Å². The van der Waals surface area contributed by atoms with Gasteiger partial charge in [0.05, 0.1) is 0 Å². The molecule has 1 heterocycles. The highest BCUT2D eigenvalue weighted by molar-refractivity contribution is 6.45. The molecule has 0 radical (unpaired) electrons. The van der Waals surface area contributed by atoms with Crippen LogP contribution >= 0.6 is 0 Å². The van der Waals surface area contributed by atoms with Crippen LogP contribution in [0.2, 0.25) is 0 Å². The van der Waals surface area contributed by atoms with E-state index in [9.17, 15) is 9.59 Å². The number of nitrogens with one attached hydrogen (secondary N) is 2. The van der Waals surface area contributed by atoms with Gasteiger partial charge in [-0.3, -0.25) is 25.2 Å². The molecule has 1 rings (SSSR count). The molecule has 0 spiro atoms. The Bertz CT molecular complexity index is 251. The van der Waals surface area contributed by atoms with Crippen LogP contribution in [0.25, 0.3) is 0 Å². The molecule has 0 aromatic carbocycles. The highest BCUT2D eigenvalue weighted by Crippen LogP contribution is 2.07. The maximum Gasteiger partial charge on any atom is 0.316 e. The van der Waals surface area contributed by atoms with E-state index < -0.39 is 11.8 Å². The van der Waals surface area contributed by atoms with Gasteiger partial charge in [-0.05, 0) is 5.92 Å². The minimum atomic E-state index is -0.631. The fourth-order valence-corrected chi connectivity index (χ4v) is 1.21. The molecule has 1 aliphatic heterocycles. The molecule has 1 fully saturated rings. The van der Waals surface area contributed by atoms with Crippen LogP contribution in [0.4, 0.5) is 0 Å². The van der Waals surface area contributed by atoms with Gasteiger partial charge in [0.2, 0.25) is 5.96 Å². The van der Waals surface area contributed by atoms with E-state index in [4.69, 9.17) is 0 Å². The van der Waals surface area contributed by atoms with Crippen molar-refractivity contribution >= 4 is 17.8 Å². The van der Waals surface area contributed by atoms with E-state index in [0.717, 1.165) is 12.8 Å². The summed E-state index contributed by atoms with van der Waals surface area (Å²) in [5.41, 5.74) is 0. The number of rotatable bonds is 4. The third-order valence-corrected chi connectivity index (χ3v) is 2.33. The van der Waals surface area contributed by atoms with Crippen LogP contribution in [0.15, 0.2) is 4.99 Å². The van der Waals surface area contributed by atoms with Crippen molar-refractivity contribution in [1.82, 2.24) is 10.6 Å². The Hall–Kier alpha value is -1.39. The molecule has 5 nitrogen and oxygen atoms in total. The number of carbonyl (C=O) groups excluding carboxylic acids is 2. The van der Waals surface area contributed by atoms with Gasteiger partial charge < -0.3 is 0 Å². The van der Waals surface area contributed by atoms with Crippen LogP contribution in [0.1, 0.15) is 26.7 Å². The number of aliphatic imine (C=N–C) groups is 1. The predicted octanol–water partition coefficient (Wildman–Crippen LogP) is 0.0246. The number of hydrogen-bond donors (Lipinski definition) is 2. The second kappa shape index (κ2) is 4.74. The van der Waals surface area contributed by atoms with E-state index in [1.54, 1.807) is 0 Å². The molecule has 5 heteroatoms. The van der Waals surface area contributed by atoms with Crippen LogP contribution in [-0.2, 0) is 9.59 Å². The van der Waals surface area contributed by atoms with Crippen molar-refractivity contribution in [2.75, 3.05) is 6.54 Å². The molecule has 2 amide bonds. The summed E-state index contributed by atoms with van der Waals surface area (Å²) in [5.74, 6) is -0.467. The van der Waals surface area contributed by atoms with E-state index in [0.29, 0.717) is 12.5 Å². The number of nitrogens with zero attached hydrogens (tertiary/aromatic N) is 1. The van der Waals surface area contributed by atoms with Crippen molar-refractivity contribution < 1.29 is 9.59 Å². The SMILES string of the molecule is CCC(CC)CN=C1NC(=O)C(=O)N1. The molecule has 0 aliphatic carbocycles. The Balaban J connectivity index is 2.46. The third-order valence-electron chi connectivity index (χ3n) is 2.33. The Morgan fingerprint density at radius 3 is 2.07 bits per heavy atom. The quantitative estimate of drug-likeness (QED) is 0.624. The van der Waals surface area contributed by atoms with Gasteiger partial charge in [-0.1, -0.05) is 26.7 Å². The third kappa shape index (κ3) is 2.55. The molecule has 0 aromatic heterocycles. The maximum absolute atomic E-state index is 10.8. The topological polar surface area (TPSA) is 70.6 Å². The first-order valence-electron chi connectivity index (χ1n) is 4.84. The smallest absolute Gasteiger partial charge is 0.288 e. The van der Waals surface area contributed by atoms with E-state index >= 15 is 0 Å². The lowest BCUT2D eigenvalue weighted by molar-refractivity contribution is -0.135. The molecule has 2 N–H and O–H groups in total. The minimum Gasteiger partial charge on any atom is -0.288 e. The number of hydrogen-bond acceptors (Lipinski definition) is 3. The Labute approximate surface area is 83.0 Å². The second-order valence-corrected chi connectivity index (χ2v) is 3.28. The molecule has 78 valence electrons. The van der Waals surface area contributed by atoms with Crippen LogP contribution in [0.5, 0.6) is 0 Å². The summed E-state index contributed by atoms with van der Waals surface area (Å²) in [6.45, 7) is 4.84. The van der Waals surface area contributed by atoms with Gasteiger partial charge in [0.15, 0.2) is 0 Å². The van der Waals surface area contributed by atoms with Gasteiger partial charge in [0.1, 0.15) is 0 Å². The maximum atomic E-state index is 10.8. The van der Waals surface area contributed by atoms with Gasteiger partial charge >= 0.3 is 11.8 Å². The monoisotopic (exact) mass is 197 g/mol. The first kappa shape index (κ1) is 10.7. The fraction of sp³-hybridized carbons (Fsp3) is 0.667. The van der Waals surface area contributed by atoms with Gasteiger partial charge in [-0.2, -0.15) is 0 Å². The van der Waals surface area contributed by atoms with Crippen molar-refractivity contribution in [3.8, 4) is 0 Å². The molecule has 0 bridgehead atoms. The minimum absolute atomic E-state index is 0.284. The van der Waals surface area contributed by atoms with Crippen LogP contribution in [0, 0.1) is 5.92 Å². The average Bonchev–Trinajstić information content (AvgIpc) is 2.48. The standard InChI is InChI=1S/C9H15N3O2/c1-3-6(4-2)5-10-9-11-7(13)8(14)12-9/h6H,3-5H2,1-2H3,(H2,10,11,12,13,14). The molecule has 0 atom stereocenters. The zero-order chi connectivity index (χ0) is 10.6. The number of amides is 2. The first-order chi connectivity index (χ1) is 6.67. The number of guanidine groups is 1. The Kier molecular flexibility index (Phi) is 3.62. The summed E-state index contributed by atoms with van der Waals surface area (Å²) in [7, 11) is 0. The molecule has 1 aliphatic rings. The Morgan fingerprint density at radius 1 is 1.14 bits per heavy atom. The van der Waals surface area contributed by atoms with E-state index in [2.05, 4.69) is 29.5 Å². The summed E-state index contributed by atoms with van der Waals surface area (Å²) in [6.07, 6.45) is 2.10. The van der Waals surface area contributed by atoms with Crippen molar-refractivity contribution in [3.05, 3.63) is 0 Å². The lowest BCUT2D eigenvalue weighted by Gasteiger charge is -2.08. The van der Waals surface area contributed by atoms with Gasteiger partial charge in [-0.15, -0.1) is 0 Å². The normalized spacial score (nSPS) is 15.8. The molecular weight excluding hydrogens is 182 g/mol. The summed E-state index contributed by atoms with van der Waals surface area (Å²) in [6, 6.07) is 0. The lowest BCUT2D eigenvalue weighted by Crippen LogP contribution is -2.26. The summed E-state index contributed by atoms with van der Waals surface area (Å²) < 4.78 is 0. The number of carbonyl (C=O) groups is 2.